The Balaban J connectivity index is 3.23. The Morgan fingerprint density at radius 1 is 1.08 bits per heavy atom. The Labute approximate surface area is 155 Å². The molecule has 0 aromatic rings. The molecule has 0 fully saturated rings. The van der Waals surface area contributed by atoms with Gasteiger partial charge in [-0.1, -0.05) is 0 Å². The zero-order chi connectivity index (χ0) is 20.3. The van der Waals surface area contributed by atoms with Crippen LogP contribution in [0.5, 0.6) is 0 Å². The summed E-state index contributed by atoms with van der Waals surface area (Å²) in [5.74, 6) is -1.04. The van der Waals surface area contributed by atoms with Crippen molar-refractivity contribution in [1.82, 2.24) is 4.90 Å². The average molecular weight is 369 g/mol. The van der Waals surface area contributed by atoms with Crippen molar-refractivity contribution in [1.29, 1.82) is 0 Å². The molecular formula is C19H31NO6. The van der Waals surface area contributed by atoms with Gasteiger partial charge in [0.1, 0.15) is 11.1 Å². The summed E-state index contributed by atoms with van der Waals surface area (Å²) < 4.78 is 16.0. The van der Waals surface area contributed by atoms with Crippen molar-refractivity contribution >= 4 is 18.0 Å². The Bertz CT molecular complexity index is 587. The fourth-order valence-electron chi connectivity index (χ4n) is 2.41. The van der Waals surface area contributed by atoms with E-state index in [0.29, 0.717) is 12.0 Å². The third-order valence-corrected chi connectivity index (χ3v) is 3.68. The molecule has 1 heterocycles. The zero-order valence-electron chi connectivity index (χ0n) is 17.0. The van der Waals surface area contributed by atoms with Gasteiger partial charge in [0, 0.05) is 6.20 Å². The summed E-state index contributed by atoms with van der Waals surface area (Å²) in [4.78, 5) is 38.7. The molecule has 1 amide bonds. The molecule has 0 aliphatic carbocycles. The van der Waals surface area contributed by atoms with Crippen LogP contribution < -0.4 is 0 Å². The molecule has 7 nitrogen and oxygen atoms in total. The quantitative estimate of drug-likeness (QED) is 0.557. The van der Waals surface area contributed by atoms with E-state index < -0.39 is 29.2 Å². The molecule has 0 bridgehead atoms. The second-order valence-corrected chi connectivity index (χ2v) is 8.19. The van der Waals surface area contributed by atoms with E-state index in [-0.39, 0.29) is 18.6 Å². The molecule has 1 rings (SSSR count). The molecule has 0 spiro atoms. The first kappa shape index (κ1) is 22.0. The van der Waals surface area contributed by atoms with E-state index in [0.717, 1.165) is 4.90 Å². The highest BCUT2D eigenvalue weighted by Gasteiger charge is 2.47. The van der Waals surface area contributed by atoms with Crippen LogP contribution in [-0.4, -0.2) is 46.3 Å². The highest BCUT2D eigenvalue weighted by Crippen LogP contribution is 2.33. The summed E-state index contributed by atoms with van der Waals surface area (Å²) in [5, 5.41) is 0. The van der Waals surface area contributed by atoms with Crippen LogP contribution in [0.4, 0.5) is 4.79 Å². The van der Waals surface area contributed by atoms with Gasteiger partial charge in [-0.15, -0.1) is 0 Å². The lowest BCUT2D eigenvalue weighted by Crippen LogP contribution is -2.56. The molecule has 26 heavy (non-hydrogen) atoms. The molecule has 1 aliphatic heterocycles. The molecule has 0 aromatic heterocycles. The number of nitrogens with zero attached hydrogens (tertiary/aromatic N) is 1. The molecule has 1 atom stereocenters. The third-order valence-electron chi connectivity index (χ3n) is 3.68. The maximum atomic E-state index is 12.7. The van der Waals surface area contributed by atoms with Crippen molar-refractivity contribution in [3.8, 4) is 0 Å². The highest BCUT2D eigenvalue weighted by molar-refractivity contribution is 5.92. The first-order valence-electron chi connectivity index (χ1n) is 8.91. The molecule has 1 aliphatic rings. The summed E-state index contributed by atoms with van der Waals surface area (Å²) in [6.45, 7) is 13.8. The molecule has 0 saturated heterocycles. The zero-order valence-corrected chi connectivity index (χ0v) is 17.0. The predicted octanol–water partition coefficient (Wildman–Crippen LogP) is 3.56. The van der Waals surface area contributed by atoms with Crippen LogP contribution in [0, 0.1) is 0 Å². The van der Waals surface area contributed by atoms with Crippen LogP contribution in [-0.2, 0) is 23.8 Å². The molecule has 0 radical (unpaired) electrons. The van der Waals surface area contributed by atoms with Crippen LogP contribution in [0.1, 0.15) is 68.2 Å². The molecule has 0 saturated carbocycles. The normalized spacial score (nSPS) is 20.7. The Hall–Kier alpha value is -2.05. The van der Waals surface area contributed by atoms with Gasteiger partial charge in [0.25, 0.3) is 0 Å². The van der Waals surface area contributed by atoms with Crippen LogP contribution in [0.2, 0.25) is 0 Å². The van der Waals surface area contributed by atoms with Gasteiger partial charge in [-0.05, 0) is 68.2 Å². The Morgan fingerprint density at radius 3 is 2.08 bits per heavy atom. The van der Waals surface area contributed by atoms with Crippen molar-refractivity contribution in [2.24, 2.45) is 0 Å². The molecule has 0 N–H and O–H groups in total. The van der Waals surface area contributed by atoms with E-state index in [9.17, 15) is 14.4 Å². The van der Waals surface area contributed by atoms with Gasteiger partial charge < -0.3 is 14.2 Å². The van der Waals surface area contributed by atoms with Crippen molar-refractivity contribution in [3.05, 3.63) is 11.8 Å². The number of esters is 2. The highest BCUT2D eigenvalue weighted by atomic mass is 16.6. The van der Waals surface area contributed by atoms with E-state index in [2.05, 4.69) is 0 Å². The molecule has 0 aromatic carbocycles. The minimum absolute atomic E-state index is 0.233. The Morgan fingerprint density at radius 2 is 1.62 bits per heavy atom. The lowest BCUT2D eigenvalue weighted by molar-refractivity contribution is -0.161. The van der Waals surface area contributed by atoms with E-state index in [1.807, 2.05) is 0 Å². The summed E-state index contributed by atoms with van der Waals surface area (Å²) in [6.07, 6.45) is 0.568. The predicted molar refractivity (Wildman–Crippen MR) is 96.3 cm³/mol. The summed E-state index contributed by atoms with van der Waals surface area (Å²) in [7, 11) is 0. The average Bonchev–Trinajstić information content (AvgIpc) is 2.44. The summed E-state index contributed by atoms with van der Waals surface area (Å²) >= 11 is 0. The fourth-order valence-corrected chi connectivity index (χ4v) is 2.41. The third kappa shape index (κ3) is 5.75. The number of amides is 1. The van der Waals surface area contributed by atoms with E-state index in [4.69, 9.17) is 14.2 Å². The van der Waals surface area contributed by atoms with Crippen LogP contribution in [0.3, 0.4) is 0 Å². The molecule has 148 valence electrons. The van der Waals surface area contributed by atoms with Crippen molar-refractivity contribution in [2.75, 3.05) is 0 Å². The summed E-state index contributed by atoms with van der Waals surface area (Å²) in [6, 6.07) is 0. The first-order valence-corrected chi connectivity index (χ1v) is 8.91. The second-order valence-electron chi connectivity index (χ2n) is 8.19. The lowest BCUT2D eigenvalue weighted by atomic mass is 9.88. The minimum Gasteiger partial charge on any atom is -0.461 e. The Kier molecular flexibility index (Phi) is 6.85. The largest absolute Gasteiger partial charge is 0.461 e. The van der Waals surface area contributed by atoms with Crippen molar-refractivity contribution in [3.63, 3.8) is 0 Å². The number of carbonyl (C=O) groups is 3. The van der Waals surface area contributed by atoms with E-state index in [1.165, 1.54) is 6.20 Å². The number of hydrogen-bond donors (Lipinski definition) is 0. The smallest absolute Gasteiger partial charge is 0.415 e. The number of carbonyl (C=O) groups excluding carboxylic acids is 3. The maximum Gasteiger partial charge on any atom is 0.415 e. The standard InChI is InChI=1S/C19H31NO6/c1-12(2)24-15(21)14-9-10-19(8,16(22)25-13(3)4)20(11-14)17(23)26-18(5,6)7/h11-13H,9-10H2,1-8H3/t19-/m1/s1. The number of ether oxygens (including phenoxy) is 3. The van der Waals surface area contributed by atoms with Crippen molar-refractivity contribution in [2.45, 2.75) is 91.6 Å². The molecule has 7 heteroatoms. The maximum absolute atomic E-state index is 12.7. The van der Waals surface area contributed by atoms with E-state index in [1.54, 1.807) is 55.4 Å². The van der Waals surface area contributed by atoms with Gasteiger partial charge >= 0.3 is 18.0 Å². The van der Waals surface area contributed by atoms with Gasteiger partial charge in [0.05, 0.1) is 17.8 Å². The summed E-state index contributed by atoms with van der Waals surface area (Å²) in [5.41, 5.74) is -1.68. The topological polar surface area (TPSA) is 82.1 Å². The first-order chi connectivity index (χ1) is 11.8. The number of rotatable bonds is 4. The van der Waals surface area contributed by atoms with E-state index >= 15 is 0 Å². The van der Waals surface area contributed by atoms with Crippen LogP contribution in [0.25, 0.3) is 0 Å². The fraction of sp³-hybridized carbons (Fsp3) is 0.737. The van der Waals surface area contributed by atoms with Gasteiger partial charge in [0.15, 0.2) is 0 Å². The van der Waals surface area contributed by atoms with Gasteiger partial charge in [-0.3, -0.25) is 4.90 Å². The second kappa shape index (κ2) is 8.10. The lowest BCUT2D eigenvalue weighted by Gasteiger charge is -2.41. The SMILES string of the molecule is CC(C)OC(=O)C1=CN(C(=O)OC(C)(C)C)[C@@](C)(C(=O)OC(C)C)CC1. The number of hydrogen-bond acceptors (Lipinski definition) is 6. The van der Waals surface area contributed by atoms with Crippen LogP contribution in [0.15, 0.2) is 11.8 Å². The monoisotopic (exact) mass is 369 g/mol. The van der Waals surface area contributed by atoms with Gasteiger partial charge in [-0.2, -0.15) is 0 Å². The van der Waals surface area contributed by atoms with Gasteiger partial charge in [-0.25, -0.2) is 14.4 Å². The molecular weight excluding hydrogens is 338 g/mol. The van der Waals surface area contributed by atoms with Crippen molar-refractivity contribution < 1.29 is 28.6 Å². The molecule has 0 unspecified atom stereocenters. The van der Waals surface area contributed by atoms with Gasteiger partial charge in [0.2, 0.25) is 0 Å². The minimum atomic E-state index is -1.26. The van der Waals surface area contributed by atoms with Crippen LogP contribution >= 0.6 is 0 Å².